The van der Waals surface area contributed by atoms with Crippen LogP contribution < -0.4 is 0 Å². The fourth-order valence-electron chi connectivity index (χ4n) is 0. The Morgan fingerprint density at radius 1 is 0.889 bits per heavy atom. The molecule has 9 heavy (non-hydrogen) atoms. The third-order valence-electron chi connectivity index (χ3n) is 0. The van der Waals surface area contributed by atoms with Crippen molar-refractivity contribution >= 4 is 24.8 Å². The number of nitrogens with zero attached hydrogens (tertiary/aromatic N) is 2. The zero-order chi connectivity index (χ0) is 5.41. The fraction of sp³-hybridized carbons (Fsp3) is 0. The first-order valence-electron chi connectivity index (χ1n) is 1.15. The van der Waals surface area contributed by atoms with E-state index in [1.54, 1.807) is 0 Å². The molecule has 0 aliphatic carbocycles. The monoisotopic (exact) mass is 258 g/mol. The summed E-state index contributed by atoms with van der Waals surface area (Å²) in [7, 11) is 0. The van der Waals surface area contributed by atoms with E-state index in [1.807, 2.05) is 0 Å². The molecule has 0 N–H and O–H groups in total. The standard InChI is InChI=1S/2C2H2N.2ClH.Pd/c2*1-2-3;;;/h2*1H2;2*1H;/q2*-1;;;+2. The van der Waals surface area contributed by atoms with Gasteiger partial charge < -0.3 is 13.8 Å². The molecule has 0 saturated heterocycles. The van der Waals surface area contributed by atoms with Gasteiger partial charge in [0.25, 0.3) is 0 Å². The molecule has 0 atom stereocenters. The van der Waals surface area contributed by atoms with Crippen LogP contribution in [0.5, 0.6) is 0 Å². The van der Waals surface area contributed by atoms with Gasteiger partial charge in [0.05, 0.1) is 0 Å². The van der Waals surface area contributed by atoms with Crippen molar-refractivity contribution in [1.82, 2.24) is 0 Å². The van der Waals surface area contributed by atoms with Gasteiger partial charge in [0.2, 0.25) is 0 Å². The third kappa shape index (κ3) is 200000. The Kier molecular flexibility index (Phi) is 403. The van der Waals surface area contributed by atoms with Crippen LogP contribution in [0, 0.1) is 36.5 Å². The van der Waals surface area contributed by atoms with Gasteiger partial charge in [-0.2, -0.15) is 0 Å². The van der Waals surface area contributed by atoms with E-state index >= 15 is 0 Å². The molecule has 0 saturated carbocycles. The van der Waals surface area contributed by atoms with Crippen molar-refractivity contribution in [2.45, 2.75) is 0 Å². The first kappa shape index (κ1) is 36.2. The van der Waals surface area contributed by atoms with Crippen LogP contribution in [0.2, 0.25) is 0 Å². The molecule has 5 heteroatoms. The van der Waals surface area contributed by atoms with E-state index in [-0.39, 0.29) is 45.2 Å². The molecule has 0 amide bonds. The van der Waals surface area contributed by atoms with Crippen LogP contribution in [0.4, 0.5) is 0 Å². The first-order chi connectivity index (χ1) is 2.83. The molecule has 0 heterocycles. The Morgan fingerprint density at radius 2 is 0.889 bits per heavy atom. The number of hydrogen-bond donors (Lipinski definition) is 0. The normalized spacial score (nSPS) is 1.56. The Balaban J connectivity index is -0.00000000889. The molecule has 0 radical (unpaired) electrons. The number of nitriles is 2. The predicted molar refractivity (Wildman–Crippen MR) is 36.4 cm³/mol. The summed E-state index contributed by atoms with van der Waals surface area (Å²) < 4.78 is 0. The molecule has 0 aliphatic rings. The molecule has 0 spiro atoms. The van der Waals surface area contributed by atoms with Crippen molar-refractivity contribution < 1.29 is 20.4 Å². The van der Waals surface area contributed by atoms with Crippen LogP contribution >= 0.6 is 24.8 Å². The minimum absolute atomic E-state index is 0. The summed E-state index contributed by atoms with van der Waals surface area (Å²) in [6.45, 7) is 5.58. The van der Waals surface area contributed by atoms with Crippen LogP contribution in [0.1, 0.15) is 0 Å². The predicted octanol–water partition coefficient (Wildman–Crippen LogP) is 1.53. The molecule has 0 unspecified atom stereocenters. The number of hydrogen-bond acceptors (Lipinski definition) is 2. The summed E-state index contributed by atoms with van der Waals surface area (Å²) in [4.78, 5) is 0. The summed E-state index contributed by atoms with van der Waals surface area (Å²) in [5.41, 5.74) is 0. The van der Waals surface area contributed by atoms with Gasteiger partial charge in [-0.3, -0.25) is 0 Å². The minimum atomic E-state index is 0. The van der Waals surface area contributed by atoms with Gasteiger partial charge in [-0.15, -0.1) is 37.0 Å². The van der Waals surface area contributed by atoms with Crippen LogP contribution in [0.15, 0.2) is 0 Å². The Labute approximate surface area is 81.7 Å². The van der Waals surface area contributed by atoms with Gasteiger partial charge in [-0.05, 0) is 0 Å². The summed E-state index contributed by atoms with van der Waals surface area (Å²) in [6, 6.07) is 3.00. The Morgan fingerprint density at radius 3 is 0.889 bits per heavy atom. The SMILES string of the molecule is Cl.Cl.[CH2-]C#N.[CH2-]C#N.[Pd+2]. The second kappa shape index (κ2) is 100. The topological polar surface area (TPSA) is 47.6 Å². The maximum Gasteiger partial charge on any atom is 2.00 e. The Bertz CT molecular complexity index is 71.5. The van der Waals surface area contributed by atoms with Gasteiger partial charge >= 0.3 is 20.4 Å². The molecule has 0 aromatic rings. The van der Waals surface area contributed by atoms with Crippen molar-refractivity contribution in [2.75, 3.05) is 0 Å². The van der Waals surface area contributed by atoms with Gasteiger partial charge in [0.1, 0.15) is 0 Å². The average Bonchev–Trinajstić information content (AvgIpc) is 1.39. The third-order valence-corrected chi connectivity index (χ3v) is 0. The summed E-state index contributed by atoms with van der Waals surface area (Å²) in [5.74, 6) is 0. The average molecular weight is 259 g/mol. The summed E-state index contributed by atoms with van der Waals surface area (Å²) in [5, 5.41) is 14.4. The van der Waals surface area contributed by atoms with E-state index in [4.69, 9.17) is 10.5 Å². The number of halogens is 2. The van der Waals surface area contributed by atoms with Crippen LogP contribution in [-0.4, -0.2) is 0 Å². The maximum atomic E-state index is 7.21. The molecule has 0 bridgehead atoms. The number of rotatable bonds is 0. The van der Waals surface area contributed by atoms with Crippen molar-refractivity contribution in [3.63, 3.8) is 0 Å². The quantitative estimate of drug-likeness (QED) is 0.489. The van der Waals surface area contributed by atoms with E-state index in [1.165, 1.54) is 12.1 Å². The van der Waals surface area contributed by atoms with Crippen molar-refractivity contribution in [1.29, 1.82) is 10.5 Å². The summed E-state index contributed by atoms with van der Waals surface area (Å²) in [6.07, 6.45) is 0. The van der Waals surface area contributed by atoms with Crippen LogP contribution in [-0.2, 0) is 20.4 Å². The van der Waals surface area contributed by atoms with Crippen LogP contribution in [0.25, 0.3) is 0 Å². The van der Waals surface area contributed by atoms with E-state index < -0.39 is 0 Å². The minimum Gasteiger partial charge on any atom is -0.305 e. The zero-order valence-electron chi connectivity index (χ0n) is 4.44. The van der Waals surface area contributed by atoms with Crippen LogP contribution in [0.3, 0.4) is 0 Å². The van der Waals surface area contributed by atoms with Gasteiger partial charge in [0.15, 0.2) is 0 Å². The molecular formula is C4H6Cl2N2Pd. The maximum absolute atomic E-state index is 7.21. The largest absolute Gasteiger partial charge is 2.00 e. The molecular weight excluding hydrogens is 253 g/mol. The Hall–Kier alpha value is -0.0377. The molecule has 0 aromatic carbocycles. The van der Waals surface area contributed by atoms with E-state index in [0.717, 1.165) is 0 Å². The van der Waals surface area contributed by atoms with Gasteiger partial charge in [-0.1, -0.05) is 0 Å². The van der Waals surface area contributed by atoms with E-state index in [9.17, 15) is 0 Å². The van der Waals surface area contributed by atoms with Crippen molar-refractivity contribution in [3.05, 3.63) is 13.8 Å². The van der Waals surface area contributed by atoms with E-state index in [2.05, 4.69) is 13.8 Å². The molecule has 0 aliphatic heterocycles. The van der Waals surface area contributed by atoms with Crippen molar-refractivity contribution in [2.24, 2.45) is 0 Å². The zero-order valence-corrected chi connectivity index (χ0v) is 7.63. The fourth-order valence-corrected chi connectivity index (χ4v) is 0. The molecule has 56 valence electrons. The molecule has 2 nitrogen and oxygen atoms in total. The second-order valence-electron chi connectivity index (χ2n) is 0.316. The van der Waals surface area contributed by atoms with Crippen molar-refractivity contribution in [3.8, 4) is 12.1 Å². The molecule has 0 fully saturated rings. The first-order valence-corrected chi connectivity index (χ1v) is 1.15. The van der Waals surface area contributed by atoms with Gasteiger partial charge in [0, 0.05) is 0 Å². The molecule has 0 rings (SSSR count). The van der Waals surface area contributed by atoms with Gasteiger partial charge in [-0.25, -0.2) is 10.5 Å². The molecule has 0 aromatic heterocycles. The summed E-state index contributed by atoms with van der Waals surface area (Å²) >= 11 is 0. The second-order valence-corrected chi connectivity index (χ2v) is 0.316. The smallest absolute Gasteiger partial charge is 0.305 e. The van der Waals surface area contributed by atoms with E-state index in [0.29, 0.717) is 0 Å².